The molecule has 1 aliphatic heterocycles. The van der Waals surface area contributed by atoms with Gasteiger partial charge in [-0.05, 0) is 45.7 Å². The summed E-state index contributed by atoms with van der Waals surface area (Å²) in [7, 11) is 0. The van der Waals surface area contributed by atoms with Crippen LogP contribution < -0.4 is 0 Å². The largest absolute Gasteiger partial charge is 0.396 e. The normalized spacial score (nSPS) is 19.2. The molecule has 1 aromatic rings. The van der Waals surface area contributed by atoms with Crippen molar-refractivity contribution in [3.8, 4) is 0 Å². The van der Waals surface area contributed by atoms with Crippen LogP contribution in [0.3, 0.4) is 0 Å². The molecule has 0 aliphatic carbocycles. The van der Waals surface area contributed by atoms with Crippen molar-refractivity contribution in [1.82, 2.24) is 10.1 Å². The zero-order valence-corrected chi connectivity index (χ0v) is 10.1. The number of likely N-dealkylation sites (tertiary alicyclic amines) is 1. The number of aromatic nitrogens is 1. The van der Waals surface area contributed by atoms with E-state index in [2.05, 4.69) is 10.1 Å². The fourth-order valence-corrected chi connectivity index (χ4v) is 2.28. The van der Waals surface area contributed by atoms with Crippen molar-refractivity contribution >= 4 is 0 Å². The highest BCUT2D eigenvalue weighted by molar-refractivity contribution is 5.20. The summed E-state index contributed by atoms with van der Waals surface area (Å²) in [5, 5.41) is 13.0. The van der Waals surface area contributed by atoms with Gasteiger partial charge in [-0.1, -0.05) is 5.16 Å². The van der Waals surface area contributed by atoms with Gasteiger partial charge in [0.05, 0.1) is 5.69 Å². The van der Waals surface area contributed by atoms with Crippen LogP contribution in [0.5, 0.6) is 0 Å². The van der Waals surface area contributed by atoms with Crippen molar-refractivity contribution in [2.75, 3.05) is 19.7 Å². The van der Waals surface area contributed by atoms with E-state index in [1.807, 2.05) is 13.8 Å². The lowest BCUT2D eigenvalue weighted by molar-refractivity contribution is 0.127. The number of piperidine rings is 1. The van der Waals surface area contributed by atoms with E-state index in [0.717, 1.165) is 43.9 Å². The Labute approximate surface area is 96.2 Å². The quantitative estimate of drug-likeness (QED) is 0.845. The molecule has 0 bridgehead atoms. The van der Waals surface area contributed by atoms with E-state index in [1.165, 1.54) is 5.56 Å². The van der Waals surface area contributed by atoms with Crippen molar-refractivity contribution in [1.29, 1.82) is 0 Å². The Hall–Kier alpha value is -0.870. The first kappa shape index (κ1) is 11.6. The first-order valence-corrected chi connectivity index (χ1v) is 5.95. The van der Waals surface area contributed by atoms with Crippen LogP contribution in [0.4, 0.5) is 0 Å². The first-order valence-electron chi connectivity index (χ1n) is 5.95. The highest BCUT2D eigenvalue weighted by Crippen LogP contribution is 2.21. The highest BCUT2D eigenvalue weighted by Gasteiger charge is 2.20. The maximum Gasteiger partial charge on any atom is 0.138 e. The molecule has 0 atom stereocenters. The third-order valence-electron chi connectivity index (χ3n) is 3.53. The summed E-state index contributed by atoms with van der Waals surface area (Å²) in [6, 6.07) is 0. The zero-order chi connectivity index (χ0) is 11.5. The molecule has 0 aromatic carbocycles. The molecule has 0 unspecified atom stereocenters. The van der Waals surface area contributed by atoms with Gasteiger partial charge in [-0.25, -0.2) is 0 Å². The molecule has 16 heavy (non-hydrogen) atoms. The van der Waals surface area contributed by atoms with E-state index in [4.69, 9.17) is 9.63 Å². The van der Waals surface area contributed by atoms with Crippen LogP contribution in [0.25, 0.3) is 0 Å². The number of nitrogens with zero attached hydrogens (tertiary/aromatic N) is 2. The molecule has 1 aliphatic rings. The molecular formula is C12H20N2O2. The molecule has 0 amide bonds. The van der Waals surface area contributed by atoms with Crippen molar-refractivity contribution in [3.63, 3.8) is 0 Å². The second kappa shape index (κ2) is 4.97. The van der Waals surface area contributed by atoms with Gasteiger partial charge in [-0.3, -0.25) is 4.90 Å². The molecule has 1 saturated heterocycles. The van der Waals surface area contributed by atoms with E-state index < -0.39 is 0 Å². The van der Waals surface area contributed by atoms with E-state index in [0.29, 0.717) is 12.5 Å². The minimum absolute atomic E-state index is 0.333. The SMILES string of the molecule is Cc1noc(C)c1CN1CCC(CO)CC1. The van der Waals surface area contributed by atoms with Crippen LogP contribution in [-0.2, 0) is 6.54 Å². The summed E-state index contributed by atoms with van der Waals surface area (Å²) >= 11 is 0. The molecule has 0 saturated carbocycles. The van der Waals surface area contributed by atoms with Crippen molar-refractivity contribution in [2.45, 2.75) is 33.2 Å². The molecular weight excluding hydrogens is 204 g/mol. The molecule has 1 N–H and O–H groups in total. The number of aliphatic hydroxyl groups is 1. The number of hydrogen-bond acceptors (Lipinski definition) is 4. The van der Waals surface area contributed by atoms with Crippen LogP contribution in [0, 0.1) is 19.8 Å². The minimum Gasteiger partial charge on any atom is -0.396 e. The van der Waals surface area contributed by atoms with Crippen molar-refractivity contribution in [2.24, 2.45) is 5.92 Å². The fourth-order valence-electron chi connectivity index (χ4n) is 2.28. The van der Waals surface area contributed by atoms with Gasteiger partial charge in [0.2, 0.25) is 0 Å². The van der Waals surface area contributed by atoms with Crippen molar-refractivity contribution < 1.29 is 9.63 Å². The summed E-state index contributed by atoms with van der Waals surface area (Å²) < 4.78 is 5.16. The van der Waals surface area contributed by atoms with Gasteiger partial charge in [-0.2, -0.15) is 0 Å². The highest BCUT2D eigenvalue weighted by atomic mass is 16.5. The maximum absolute atomic E-state index is 9.08. The lowest BCUT2D eigenvalue weighted by Crippen LogP contribution is -2.34. The molecule has 0 radical (unpaired) electrons. The van der Waals surface area contributed by atoms with E-state index in [-0.39, 0.29) is 0 Å². The summed E-state index contributed by atoms with van der Waals surface area (Å²) in [4.78, 5) is 2.42. The van der Waals surface area contributed by atoms with Gasteiger partial charge in [-0.15, -0.1) is 0 Å². The zero-order valence-electron chi connectivity index (χ0n) is 10.1. The lowest BCUT2D eigenvalue weighted by atomic mass is 9.97. The topological polar surface area (TPSA) is 49.5 Å². The predicted molar refractivity (Wildman–Crippen MR) is 61.1 cm³/mol. The van der Waals surface area contributed by atoms with Crippen LogP contribution in [-0.4, -0.2) is 34.9 Å². The van der Waals surface area contributed by atoms with Gasteiger partial charge in [0.1, 0.15) is 5.76 Å². The number of rotatable bonds is 3. The standard InChI is InChI=1S/C12H20N2O2/c1-9-12(10(2)16-13-9)7-14-5-3-11(8-15)4-6-14/h11,15H,3-8H2,1-2H3. The summed E-state index contributed by atoms with van der Waals surface area (Å²) in [5.74, 6) is 1.43. The average Bonchev–Trinajstić information content (AvgIpc) is 2.62. The summed E-state index contributed by atoms with van der Waals surface area (Å²) in [6.07, 6.45) is 2.19. The lowest BCUT2D eigenvalue weighted by Gasteiger charge is -2.30. The van der Waals surface area contributed by atoms with Gasteiger partial charge < -0.3 is 9.63 Å². The number of hydrogen-bond donors (Lipinski definition) is 1. The Morgan fingerprint density at radius 3 is 2.56 bits per heavy atom. The molecule has 90 valence electrons. The minimum atomic E-state index is 0.333. The Kier molecular flexibility index (Phi) is 3.61. The van der Waals surface area contributed by atoms with Crippen LogP contribution in [0.2, 0.25) is 0 Å². The Morgan fingerprint density at radius 2 is 2.06 bits per heavy atom. The Morgan fingerprint density at radius 1 is 1.38 bits per heavy atom. The second-order valence-corrected chi connectivity index (χ2v) is 4.70. The first-order chi connectivity index (χ1) is 7.70. The third-order valence-corrected chi connectivity index (χ3v) is 3.53. The monoisotopic (exact) mass is 224 g/mol. The molecule has 2 heterocycles. The van der Waals surface area contributed by atoms with Crippen LogP contribution >= 0.6 is 0 Å². The molecule has 4 nitrogen and oxygen atoms in total. The predicted octanol–water partition coefficient (Wildman–Crippen LogP) is 1.50. The number of aliphatic hydroxyl groups excluding tert-OH is 1. The van der Waals surface area contributed by atoms with E-state index in [1.54, 1.807) is 0 Å². The van der Waals surface area contributed by atoms with Gasteiger partial charge in [0.25, 0.3) is 0 Å². The van der Waals surface area contributed by atoms with Crippen LogP contribution in [0.1, 0.15) is 29.9 Å². The van der Waals surface area contributed by atoms with Gasteiger partial charge >= 0.3 is 0 Å². The second-order valence-electron chi connectivity index (χ2n) is 4.70. The molecule has 0 spiro atoms. The fraction of sp³-hybridized carbons (Fsp3) is 0.750. The van der Waals surface area contributed by atoms with Gasteiger partial charge in [0.15, 0.2) is 0 Å². The van der Waals surface area contributed by atoms with Gasteiger partial charge in [0, 0.05) is 18.7 Å². The Balaban J connectivity index is 1.92. The van der Waals surface area contributed by atoms with E-state index >= 15 is 0 Å². The molecule has 4 heteroatoms. The van der Waals surface area contributed by atoms with E-state index in [9.17, 15) is 0 Å². The Bertz CT molecular complexity index is 321. The van der Waals surface area contributed by atoms with Crippen molar-refractivity contribution in [3.05, 3.63) is 17.0 Å². The summed E-state index contributed by atoms with van der Waals surface area (Å²) in [6.45, 7) is 7.35. The van der Waals surface area contributed by atoms with Crippen LogP contribution in [0.15, 0.2) is 4.52 Å². The molecule has 1 aromatic heterocycles. The molecule has 1 fully saturated rings. The smallest absolute Gasteiger partial charge is 0.138 e. The summed E-state index contributed by atoms with van der Waals surface area (Å²) in [5.41, 5.74) is 2.23. The number of aryl methyl sites for hydroxylation is 2. The molecule has 2 rings (SSSR count). The third kappa shape index (κ3) is 2.44. The average molecular weight is 224 g/mol. The maximum atomic E-state index is 9.08.